The van der Waals surface area contributed by atoms with Gasteiger partial charge >= 0.3 is 0 Å². The molecule has 0 aliphatic rings. The van der Waals surface area contributed by atoms with Gasteiger partial charge < -0.3 is 0 Å². The first kappa shape index (κ1) is 15.2. The summed E-state index contributed by atoms with van der Waals surface area (Å²) in [6.07, 6.45) is 0. The van der Waals surface area contributed by atoms with Crippen molar-refractivity contribution in [2.75, 3.05) is 0 Å². The molecular weight excluding hydrogens is 358 g/mol. The number of Topliss-reactive ketones (excluding diaryl/α,β-unsaturated/α-hetero) is 1. The minimum Gasteiger partial charge on any atom is -0.279 e. The van der Waals surface area contributed by atoms with Crippen LogP contribution in [0.2, 0.25) is 5.02 Å². The van der Waals surface area contributed by atoms with Gasteiger partial charge in [-0.05, 0) is 58.1 Å². The standard InChI is InChI=1S/C15H7BrClNO3/c16-13-2-1-3-14(18(20)21)12(13)8-9-15(19)10-4-6-11(17)7-5-10/h1-7H. The number of hydrogen-bond acceptors (Lipinski definition) is 3. The number of carbonyl (C=O) groups is 1. The third-order valence-electron chi connectivity index (χ3n) is 2.60. The monoisotopic (exact) mass is 363 g/mol. The van der Waals surface area contributed by atoms with Gasteiger partial charge in [0.05, 0.1) is 4.92 Å². The fourth-order valence-electron chi connectivity index (χ4n) is 1.58. The van der Waals surface area contributed by atoms with Gasteiger partial charge in [0.2, 0.25) is 5.78 Å². The van der Waals surface area contributed by atoms with Gasteiger partial charge in [-0.25, -0.2) is 0 Å². The first-order chi connectivity index (χ1) is 9.99. The number of nitrogens with zero attached hydrogens (tertiary/aromatic N) is 1. The Morgan fingerprint density at radius 2 is 1.86 bits per heavy atom. The Morgan fingerprint density at radius 1 is 1.19 bits per heavy atom. The molecule has 0 heterocycles. The predicted molar refractivity (Wildman–Crippen MR) is 83.5 cm³/mol. The summed E-state index contributed by atoms with van der Waals surface area (Å²) >= 11 is 8.93. The van der Waals surface area contributed by atoms with Crippen molar-refractivity contribution in [1.82, 2.24) is 0 Å². The number of carbonyl (C=O) groups excluding carboxylic acids is 1. The van der Waals surface area contributed by atoms with E-state index < -0.39 is 10.7 Å². The third-order valence-corrected chi connectivity index (χ3v) is 3.51. The molecule has 21 heavy (non-hydrogen) atoms. The number of nitro groups is 1. The summed E-state index contributed by atoms with van der Waals surface area (Å²) in [4.78, 5) is 22.3. The summed E-state index contributed by atoms with van der Waals surface area (Å²) in [5.74, 6) is 4.53. The van der Waals surface area contributed by atoms with E-state index in [0.29, 0.717) is 15.1 Å². The van der Waals surface area contributed by atoms with Crippen LogP contribution in [0.5, 0.6) is 0 Å². The summed E-state index contributed by atoms with van der Waals surface area (Å²) in [5.41, 5.74) is 0.396. The van der Waals surface area contributed by atoms with Crippen molar-refractivity contribution in [3.8, 4) is 11.8 Å². The van der Waals surface area contributed by atoms with Crippen LogP contribution < -0.4 is 0 Å². The van der Waals surface area contributed by atoms with Crippen molar-refractivity contribution in [3.05, 3.63) is 73.2 Å². The van der Waals surface area contributed by atoms with Crippen LogP contribution in [0.3, 0.4) is 0 Å². The van der Waals surface area contributed by atoms with Gasteiger partial charge in [-0.15, -0.1) is 0 Å². The zero-order chi connectivity index (χ0) is 15.4. The number of hydrogen-bond donors (Lipinski definition) is 0. The SMILES string of the molecule is O=C(C#Cc1c(Br)cccc1[N+](=O)[O-])c1ccc(Cl)cc1. The van der Waals surface area contributed by atoms with Crippen LogP contribution in [0.15, 0.2) is 46.9 Å². The normalized spacial score (nSPS) is 9.62. The lowest BCUT2D eigenvalue weighted by molar-refractivity contribution is -0.385. The average molecular weight is 365 g/mol. The minimum atomic E-state index is -0.540. The van der Waals surface area contributed by atoms with Gasteiger partial charge in [-0.2, -0.15) is 0 Å². The second kappa shape index (κ2) is 6.53. The van der Waals surface area contributed by atoms with Crippen LogP contribution in [-0.2, 0) is 0 Å². The van der Waals surface area contributed by atoms with E-state index >= 15 is 0 Å². The lowest BCUT2D eigenvalue weighted by atomic mass is 10.1. The molecule has 0 aliphatic heterocycles. The second-order valence-corrected chi connectivity index (χ2v) is 5.27. The molecule has 2 rings (SSSR count). The molecule has 4 nitrogen and oxygen atoms in total. The molecular formula is C15H7BrClNO3. The van der Waals surface area contributed by atoms with Crippen molar-refractivity contribution in [2.45, 2.75) is 0 Å². The fraction of sp³-hybridized carbons (Fsp3) is 0. The molecule has 0 fully saturated rings. The molecule has 0 aliphatic carbocycles. The lowest BCUT2D eigenvalue weighted by Gasteiger charge is -1.98. The largest absolute Gasteiger partial charge is 0.286 e. The molecule has 0 saturated carbocycles. The van der Waals surface area contributed by atoms with Crippen LogP contribution in [0.25, 0.3) is 0 Å². The van der Waals surface area contributed by atoms with E-state index in [0.717, 1.165) is 0 Å². The van der Waals surface area contributed by atoms with E-state index in [9.17, 15) is 14.9 Å². The van der Waals surface area contributed by atoms with Crippen LogP contribution in [0.1, 0.15) is 15.9 Å². The van der Waals surface area contributed by atoms with Crippen molar-refractivity contribution in [3.63, 3.8) is 0 Å². The van der Waals surface area contributed by atoms with E-state index in [1.54, 1.807) is 30.3 Å². The maximum absolute atomic E-state index is 11.9. The van der Waals surface area contributed by atoms with Crippen molar-refractivity contribution in [1.29, 1.82) is 0 Å². The van der Waals surface area contributed by atoms with E-state index in [2.05, 4.69) is 27.8 Å². The number of ketones is 1. The zero-order valence-corrected chi connectivity index (χ0v) is 12.8. The highest BCUT2D eigenvalue weighted by Gasteiger charge is 2.14. The molecule has 2 aromatic rings. The van der Waals surface area contributed by atoms with Crippen LogP contribution in [0, 0.1) is 22.0 Å². The van der Waals surface area contributed by atoms with Crippen LogP contribution in [-0.4, -0.2) is 10.7 Å². The fourth-order valence-corrected chi connectivity index (χ4v) is 2.16. The van der Waals surface area contributed by atoms with Crippen molar-refractivity contribution in [2.24, 2.45) is 0 Å². The zero-order valence-electron chi connectivity index (χ0n) is 10.5. The summed E-state index contributed by atoms with van der Waals surface area (Å²) in [7, 11) is 0. The molecule has 0 saturated heterocycles. The van der Waals surface area contributed by atoms with Gasteiger partial charge in [0.25, 0.3) is 5.69 Å². The third kappa shape index (κ3) is 3.69. The highest BCUT2D eigenvalue weighted by molar-refractivity contribution is 9.10. The van der Waals surface area contributed by atoms with E-state index in [1.165, 1.54) is 12.1 Å². The summed E-state index contributed by atoms with van der Waals surface area (Å²) in [6, 6.07) is 10.8. The number of rotatable bonds is 2. The highest BCUT2D eigenvalue weighted by Crippen LogP contribution is 2.25. The Labute approximate surface area is 134 Å². The van der Waals surface area contributed by atoms with Crippen LogP contribution in [0.4, 0.5) is 5.69 Å². The number of benzene rings is 2. The molecule has 0 N–H and O–H groups in total. The predicted octanol–water partition coefficient (Wildman–Crippen LogP) is 4.25. The van der Waals surface area contributed by atoms with Gasteiger partial charge in [-0.1, -0.05) is 17.7 Å². The maximum atomic E-state index is 11.9. The summed E-state index contributed by atoms with van der Waals surface area (Å²) in [5, 5.41) is 11.5. The Hall–Kier alpha value is -2.16. The Balaban J connectivity index is 2.37. The van der Waals surface area contributed by atoms with Gasteiger partial charge in [-0.3, -0.25) is 14.9 Å². The minimum absolute atomic E-state index is 0.152. The first-order valence-electron chi connectivity index (χ1n) is 5.74. The molecule has 0 amide bonds. The molecule has 6 heteroatoms. The quantitative estimate of drug-likeness (QED) is 0.346. The second-order valence-electron chi connectivity index (χ2n) is 3.98. The van der Waals surface area contributed by atoms with Gasteiger partial charge in [0, 0.05) is 21.1 Å². The Morgan fingerprint density at radius 3 is 2.48 bits per heavy atom. The topological polar surface area (TPSA) is 60.2 Å². The average Bonchev–Trinajstić information content (AvgIpc) is 2.46. The molecule has 0 bridgehead atoms. The number of nitro benzene ring substituents is 1. The molecule has 0 radical (unpaired) electrons. The van der Waals surface area contributed by atoms with Gasteiger partial charge in [0.1, 0.15) is 5.56 Å². The van der Waals surface area contributed by atoms with E-state index in [-0.39, 0.29) is 11.3 Å². The van der Waals surface area contributed by atoms with Gasteiger partial charge in [0.15, 0.2) is 0 Å². The summed E-state index contributed by atoms with van der Waals surface area (Å²) < 4.78 is 0.466. The maximum Gasteiger partial charge on any atom is 0.286 e. The molecule has 0 spiro atoms. The molecule has 0 unspecified atom stereocenters. The first-order valence-corrected chi connectivity index (χ1v) is 6.91. The molecule has 2 aromatic carbocycles. The van der Waals surface area contributed by atoms with E-state index in [4.69, 9.17) is 11.6 Å². The number of halogens is 2. The lowest BCUT2D eigenvalue weighted by Crippen LogP contribution is -1.96. The van der Waals surface area contributed by atoms with Crippen molar-refractivity contribution >= 4 is 39.0 Å². The molecule has 104 valence electrons. The highest BCUT2D eigenvalue weighted by atomic mass is 79.9. The van der Waals surface area contributed by atoms with Crippen molar-refractivity contribution < 1.29 is 9.72 Å². The summed E-state index contributed by atoms with van der Waals surface area (Å²) in [6.45, 7) is 0. The Kier molecular flexibility index (Phi) is 4.73. The smallest absolute Gasteiger partial charge is 0.279 e. The van der Waals surface area contributed by atoms with E-state index in [1.807, 2.05) is 0 Å². The van der Waals surface area contributed by atoms with Crippen LogP contribution >= 0.6 is 27.5 Å². The Bertz CT molecular complexity index is 776. The molecule has 0 atom stereocenters. The molecule has 0 aromatic heterocycles.